The van der Waals surface area contributed by atoms with Crippen LogP contribution in [0.1, 0.15) is 51.2 Å². The normalized spacial score (nSPS) is 21.2. The fraction of sp³-hybridized carbons (Fsp3) is 0.214. The van der Waals surface area contributed by atoms with Crippen LogP contribution in [0.15, 0.2) is 82.1 Å². The standard InChI is InChI=1S/C15H11.C11H11.C2H7Si.2ClH.Zr/c1-2-6-12(7-3-1)15-10-13-8-4-5-9-14(13)11-15;1-8-7-9(2)11-6-4-3-5-10(8)11;1-3-2;;;/h1-11H;3-6,8H,1-2H3;3H,1-2H3;2*1H;/q;;;;;+2/p-2. The molecule has 4 heteroatoms. The van der Waals surface area contributed by atoms with Gasteiger partial charge in [-0.1, -0.05) is 0 Å². The minimum absolute atomic E-state index is 0.0896. The first-order valence-electron chi connectivity index (χ1n) is 11.5. The van der Waals surface area contributed by atoms with Crippen LogP contribution in [0.4, 0.5) is 0 Å². The zero-order valence-electron chi connectivity index (χ0n) is 19.1. The van der Waals surface area contributed by atoms with Gasteiger partial charge in [-0.25, -0.2) is 0 Å². The van der Waals surface area contributed by atoms with E-state index in [9.17, 15) is 0 Å². The predicted molar refractivity (Wildman–Crippen MR) is 142 cm³/mol. The zero-order valence-corrected chi connectivity index (χ0v) is 24.2. The van der Waals surface area contributed by atoms with Gasteiger partial charge in [-0.15, -0.1) is 0 Å². The van der Waals surface area contributed by atoms with E-state index in [1.807, 2.05) is 0 Å². The molecule has 0 fully saturated rings. The maximum absolute atomic E-state index is 8.23. The molecule has 0 saturated carbocycles. The third-order valence-corrected chi connectivity index (χ3v) is 58.5. The summed E-state index contributed by atoms with van der Waals surface area (Å²) in [7, 11) is 16.5. The van der Waals surface area contributed by atoms with Crippen LogP contribution < -0.4 is 0 Å². The molecule has 0 radical (unpaired) electrons. The fourth-order valence-corrected chi connectivity index (χ4v) is 37.6. The van der Waals surface area contributed by atoms with Gasteiger partial charge in [0.25, 0.3) is 0 Å². The van der Waals surface area contributed by atoms with Crippen LogP contribution in [0.3, 0.4) is 0 Å². The van der Waals surface area contributed by atoms with Gasteiger partial charge in [0.15, 0.2) is 0 Å². The van der Waals surface area contributed by atoms with Gasteiger partial charge in [0, 0.05) is 0 Å². The molecule has 2 unspecified atom stereocenters. The van der Waals surface area contributed by atoms with Crippen molar-refractivity contribution in [3.8, 4) is 0 Å². The topological polar surface area (TPSA) is 0 Å². The molecule has 163 valence electrons. The van der Waals surface area contributed by atoms with Crippen molar-refractivity contribution < 1.29 is 15.6 Å². The third-order valence-electron chi connectivity index (χ3n) is 7.81. The van der Waals surface area contributed by atoms with Crippen LogP contribution in [-0.2, 0) is 15.6 Å². The average Bonchev–Trinajstić information content (AvgIpc) is 3.31. The van der Waals surface area contributed by atoms with Gasteiger partial charge in [0.2, 0.25) is 0 Å². The third kappa shape index (κ3) is 3.10. The van der Waals surface area contributed by atoms with Crippen molar-refractivity contribution in [1.29, 1.82) is 0 Å². The van der Waals surface area contributed by atoms with Crippen molar-refractivity contribution in [2.45, 2.75) is 36.5 Å². The summed E-state index contributed by atoms with van der Waals surface area (Å²) in [4.78, 5) is 0. The molecule has 0 aromatic heterocycles. The number of benzene rings is 3. The van der Waals surface area contributed by atoms with E-state index >= 15 is 0 Å². The molecule has 0 N–H and O–H groups in total. The molecule has 0 spiro atoms. The Morgan fingerprint density at radius 1 is 0.781 bits per heavy atom. The van der Waals surface area contributed by atoms with Gasteiger partial charge < -0.3 is 0 Å². The fourth-order valence-electron chi connectivity index (χ4n) is 6.19. The second-order valence-electron chi connectivity index (χ2n) is 9.68. The Balaban J connectivity index is 1.81. The molecule has 3 aromatic rings. The van der Waals surface area contributed by atoms with Gasteiger partial charge in [-0.2, -0.15) is 0 Å². The van der Waals surface area contributed by atoms with E-state index < -0.39 is 21.5 Å². The number of halogens is 2. The summed E-state index contributed by atoms with van der Waals surface area (Å²) in [5.41, 5.74) is 9.21. The van der Waals surface area contributed by atoms with Crippen LogP contribution in [0.2, 0.25) is 13.1 Å². The SMILES string of the molecule is CC1=[C]([Zr]([Cl])([Cl])([CH]2C(c3ccccc3)=Cc3ccccc32)[SiH](C)C)C(C)c2ccccc21. The molecule has 0 heterocycles. The Morgan fingerprint density at radius 2 is 1.38 bits per heavy atom. The number of hydrogen-bond acceptors (Lipinski definition) is 0. The second kappa shape index (κ2) is 7.95. The van der Waals surface area contributed by atoms with Crippen molar-refractivity contribution >= 4 is 40.2 Å². The molecular weight excluding hydrogens is 527 g/mol. The van der Waals surface area contributed by atoms with Crippen LogP contribution in [-0.4, -0.2) is 5.92 Å². The molecule has 0 aliphatic heterocycles. The van der Waals surface area contributed by atoms with E-state index in [-0.39, 0.29) is 9.54 Å². The van der Waals surface area contributed by atoms with Gasteiger partial charge in [0.05, 0.1) is 0 Å². The van der Waals surface area contributed by atoms with Crippen molar-refractivity contribution in [3.05, 3.63) is 110 Å². The molecule has 2 aliphatic rings. The summed E-state index contributed by atoms with van der Waals surface area (Å²) < 4.78 is 1.49. The zero-order chi connectivity index (χ0) is 22.7. The molecule has 3 aromatic carbocycles. The van der Waals surface area contributed by atoms with Gasteiger partial charge in [-0.3, -0.25) is 0 Å². The van der Waals surface area contributed by atoms with E-state index in [1.54, 1.807) is 0 Å². The summed E-state index contributed by atoms with van der Waals surface area (Å²) >= 11 is -4.61. The summed E-state index contributed by atoms with van der Waals surface area (Å²) in [5.74, 6) is -1.24. The van der Waals surface area contributed by atoms with Gasteiger partial charge >= 0.3 is 202 Å². The van der Waals surface area contributed by atoms with E-state index in [2.05, 4.69) is 112 Å². The number of hydrogen-bond donors (Lipinski definition) is 0. The van der Waals surface area contributed by atoms with Crippen LogP contribution in [0, 0.1) is 0 Å². The minimum atomic E-state index is -4.61. The summed E-state index contributed by atoms with van der Waals surface area (Å²) in [6.07, 6.45) is 2.35. The summed E-state index contributed by atoms with van der Waals surface area (Å²) in [5, 5.41) is 0. The Morgan fingerprint density at radius 3 is 2.03 bits per heavy atom. The van der Waals surface area contributed by atoms with Crippen molar-refractivity contribution in [3.63, 3.8) is 0 Å². The van der Waals surface area contributed by atoms with Crippen molar-refractivity contribution in [2.24, 2.45) is 0 Å². The van der Waals surface area contributed by atoms with Crippen molar-refractivity contribution in [2.75, 3.05) is 0 Å². The van der Waals surface area contributed by atoms with E-state index in [0.717, 1.165) is 0 Å². The molecule has 5 rings (SSSR count). The number of fused-ring (bicyclic) bond motifs is 2. The van der Waals surface area contributed by atoms with Crippen LogP contribution in [0.25, 0.3) is 17.2 Å². The molecule has 32 heavy (non-hydrogen) atoms. The Hall–Kier alpha value is -1.18. The van der Waals surface area contributed by atoms with E-state index in [1.165, 1.54) is 42.2 Å². The predicted octanol–water partition coefficient (Wildman–Crippen LogP) is 8.81. The maximum atomic E-state index is 8.23. The Labute approximate surface area is 200 Å². The molecule has 0 bridgehead atoms. The number of rotatable bonds is 4. The summed E-state index contributed by atoms with van der Waals surface area (Å²) in [6.45, 7) is 9.38. The van der Waals surface area contributed by atoms with Gasteiger partial charge in [0.1, 0.15) is 0 Å². The molecule has 0 saturated heterocycles. The molecular formula is C28H29Cl2SiZr. The van der Waals surface area contributed by atoms with Crippen LogP contribution in [0.5, 0.6) is 0 Å². The quantitative estimate of drug-likeness (QED) is 0.282. The van der Waals surface area contributed by atoms with Crippen molar-refractivity contribution in [1.82, 2.24) is 0 Å². The number of allylic oxidation sites excluding steroid dienone is 3. The summed E-state index contributed by atoms with van der Waals surface area (Å²) in [6, 6.07) is 28.3. The average molecular weight is 556 g/mol. The van der Waals surface area contributed by atoms with Crippen LogP contribution >= 0.6 is 17.0 Å². The second-order valence-corrected chi connectivity index (χ2v) is 51.1. The first-order chi connectivity index (χ1) is 15.2. The van der Waals surface area contributed by atoms with Gasteiger partial charge in [-0.05, 0) is 0 Å². The first-order valence-corrected chi connectivity index (χ1v) is 27.6. The Bertz CT molecular complexity index is 1270. The van der Waals surface area contributed by atoms with E-state index in [0.29, 0.717) is 0 Å². The molecule has 2 aliphatic carbocycles. The molecule has 0 nitrogen and oxygen atoms in total. The van der Waals surface area contributed by atoms with E-state index in [4.69, 9.17) is 17.0 Å². The Kier molecular flexibility index (Phi) is 5.62. The monoisotopic (exact) mass is 553 g/mol. The molecule has 2 atom stereocenters. The molecule has 0 amide bonds. The first kappa shape index (κ1) is 22.6.